The van der Waals surface area contributed by atoms with Gasteiger partial charge in [-0.05, 0) is 31.0 Å². The molecule has 0 saturated carbocycles. The van der Waals surface area contributed by atoms with E-state index >= 15 is 0 Å². The van der Waals surface area contributed by atoms with Gasteiger partial charge in [0.25, 0.3) is 0 Å². The van der Waals surface area contributed by atoms with Crippen molar-refractivity contribution in [2.24, 2.45) is 0 Å². The smallest absolute Gasteiger partial charge is 0.190 e. The van der Waals surface area contributed by atoms with Crippen LogP contribution in [0.2, 0.25) is 10.0 Å². The molecule has 0 aliphatic carbocycles. The summed E-state index contributed by atoms with van der Waals surface area (Å²) in [6.45, 7) is 1.41. The van der Waals surface area contributed by atoms with E-state index in [4.69, 9.17) is 32.7 Å². The van der Waals surface area contributed by atoms with Crippen LogP contribution in [0, 0.1) is 0 Å². The lowest BCUT2D eigenvalue weighted by Gasteiger charge is -2.22. The topological polar surface area (TPSA) is 35.5 Å². The minimum atomic E-state index is -0.144. The third-order valence-corrected chi connectivity index (χ3v) is 3.41. The van der Waals surface area contributed by atoms with Crippen molar-refractivity contribution in [2.45, 2.75) is 18.9 Å². The molecule has 0 amide bonds. The average Bonchev–Trinajstić information content (AvgIpc) is 2.40. The van der Waals surface area contributed by atoms with E-state index in [1.54, 1.807) is 18.2 Å². The molecule has 1 aliphatic heterocycles. The predicted octanol–water partition coefficient (Wildman–Crippen LogP) is 3.37. The van der Waals surface area contributed by atoms with Gasteiger partial charge in [-0.15, -0.1) is 0 Å². The Balaban J connectivity index is 1.92. The molecule has 0 aromatic heterocycles. The van der Waals surface area contributed by atoms with E-state index in [0.717, 1.165) is 12.8 Å². The maximum Gasteiger partial charge on any atom is 0.190 e. The molecule has 0 bridgehead atoms. The maximum atomic E-state index is 12.0. The predicted molar refractivity (Wildman–Crippen MR) is 70.6 cm³/mol. The van der Waals surface area contributed by atoms with Crippen LogP contribution in [0.15, 0.2) is 18.2 Å². The van der Waals surface area contributed by atoms with Crippen LogP contribution in [0.25, 0.3) is 0 Å². The second-order valence-electron chi connectivity index (χ2n) is 4.17. The Kier molecular flexibility index (Phi) is 5.01. The summed E-state index contributed by atoms with van der Waals surface area (Å²) in [7, 11) is 0. The lowest BCUT2D eigenvalue weighted by molar-refractivity contribution is -0.0262. The number of hydrogen-bond donors (Lipinski definition) is 0. The fraction of sp³-hybridized carbons (Fsp3) is 0.462. The van der Waals surface area contributed by atoms with E-state index in [-0.39, 0.29) is 18.5 Å². The van der Waals surface area contributed by atoms with Crippen LogP contribution < -0.4 is 0 Å². The Hall–Kier alpha value is -0.610. The molecule has 0 N–H and O–H groups in total. The largest absolute Gasteiger partial charge is 0.381 e. The number of ketones is 1. The van der Waals surface area contributed by atoms with E-state index in [0.29, 0.717) is 28.8 Å². The molecule has 0 spiro atoms. The standard InChI is InChI=1S/C13H14Cl2O3/c14-9-1-2-12(15)11(7-9)13(16)8-18-10-3-5-17-6-4-10/h1-2,7,10H,3-6,8H2. The van der Waals surface area contributed by atoms with Crippen LogP contribution in [0.1, 0.15) is 23.2 Å². The number of hydrogen-bond acceptors (Lipinski definition) is 3. The van der Waals surface area contributed by atoms with Gasteiger partial charge < -0.3 is 9.47 Å². The first-order valence-corrected chi connectivity index (χ1v) is 6.60. The summed E-state index contributed by atoms with van der Waals surface area (Å²) in [5.41, 5.74) is 0.413. The molecule has 1 heterocycles. The van der Waals surface area contributed by atoms with Gasteiger partial charge in [0.1, 0.15) is 6.61 Å². The van der Waals surface area contributed by atoms with Crippen molar-refractivity contribution in [1.82, 2.24) is 0 Å². The summed E-state index contributed by atoms with van der Waals surface area (Å²) >= 11 is 11.8. The molecular weight excluding hydrogens is 275 g/mol. The van der Waals surface area contributed by atoms with Crippen LogP contribution in [-0.4, -0.2) is 31.7 Å². The second kappa shape index (κ2) is 6.53. The Bertz CT molecular complexity index is 428. The minimum absolute atomic E-state index is 0.0325. The number of carbonyl (C=O) groups excluding carboxylic acids is 1. The van der Waals surface area contributed by atoms with Crippen molar-refractivity contribution in [2.75, 3.05) is 19.8 Å². The molecule has 98 valence electrons. The lowest BCUT2D eigenvalue weighted by atomic mass is 10.1. The van der Waals surface area contributed by atoms with Crippen LogP contribution in [-0.2, 0) is 9.47 Å². The minimum Gasteiger partial charge on any atom is -0.381 e. The van der Waals surface area contributed by atoms with Gasteiger partial charge in [-0.3, -0.25) is 4.79 Å². The molecule has 18 heavy (non-hydrogen) atoms. The number of rotatable bonds is 4. The van der Waals surface area contributed by atoms with Gasteiger partial charge in [0, 0.05) is 23.8 Å². The molecule has 3 nitrogen and oxygen atoms in total. The number of ether oxygens (including phenoxy) is 2. The van der Waals surface area contributed by atoms with Crippen molar-refractivity contribution in [3.05, 3.63) is 33.8 Å². The Morgan fingerprint density at radius 1 is 1.33 bits per heavy atom. The Labute approximate surface area is 116 Å². The van der Waals surface area contributed by atoms with Crippen molar-refractivity contribution in [3.63, 3.8) is 0 Å². The van der Waals surface area contributed by atoms with Gasteiger partial charge in [-0.2, -0.15) is 0 Å². The molecular formula is C13H14Cl2O3. The Morgan fingerprint density at radius 2 is 2.06 bits per heavy atom. The summed E-state index contributed by atoms with van der Waals surface area (Å²) in [6, 6.07) is 4.84. The highest BCUT2D eigenvalue weighted by atomic mass is 35.5. The first kappa shape index (κ1) is 13.8. The van der Waals surface area contributed by atoms with E-state index < -0.39 is 0 Å². The van der Waals surface area contributed by atoms with Gasteiger partial charge in [-0.25, -0.2) is 0 Å². The van der Waals surface area contributed by atoms with E-state index in [1.807, 2.05) is 0 Å². The normalized spacial score (nSPS) is 16.8. The van der Waals surface area contributed by atoms with E-state index in [1.165, 1.54) is 0 Å². The summed E-state index contributed by atoms with van der Waals surface area (Å²) in [5, 5.41) is 0.897. The van der Waals surface area contributed by atoms with Crippen molar-refractivity contribution >= 4 is 29.0 Å². The highest BCUT2D eigenvalue weighted by Crippen LogP contribution is 2.21. The number of benzene rings is 1. The monoisotopic (exact) mass is 288 g/mol. The van der Waals surface area contributed by atoms with Crippen molar-refractivity contribution < 1.29 is 14.3 Å². The van der Waals surface area contributed by atoms with E-state index in [2.05, 4.69) is 0 Å². The first-order chi connectivity index (χ1) is 8.66. The van der Waals surface area contributed by atoms with Gasteiger partial charge in [0.05, 0.1) is 11.1 Å². The second-order valence-corrected chi connectivity index (χ2v) is 5.01. The zero-order valence-corrected chi connectivity index (χ0v) is 11.3. The maximum absolute atomic E-state index is 12.0. The van der Waals surface area contributed by atoms with Gasteiger partial charge >= 0.3 is 0 Å². The van der Waals surface area contributed by atoms with Crippen molar-refractivity contribution in [3.8, 4) is 0 Å². The quantitative estimate of drug-likeness (QED) is 0.797. The molecule has 0 atom stereocenters. The molecule has 5 heteroatoms. The molecule has 1 aliphatic rings. The third kappa shape index (κ3) is 3.69. The van der Waals surface area contributed by atoms with Crippen LogP contribution >= 0.6 is 23.2 Å². The molecule has 1 fully saturated rings. The Morgan fingerprint density at radius 3 is 2.78 bits per heavy atom. The van der Waals surface area contributed by atoms with Gasteiger partial charge in [0.15, 0.2) is 5.78 Å². The molecule has 2 rings (SSSR count). The number of halogens is 2. The van der Waals surface area contributed by atoms with Gasteiger partial charge in [-0.1, -0.05) is 23.2 Å². The van der Waals surface area contributed by atoms with Crippen molar-refractivity contribution in [1.29, 1.82) is 0 Å². The summed E-state index contributed by atoms with van der Waals surface area (Å²) < 4.78 is 10.8. The zero-order chi connectivity index (χ0) is 13.0. The van der Waals surface area contributed by atoms with Crippen LogP contribution in [0.4, 0.5) is 0 Å². The van der Waals surface area contributed by atoms with Crippen LogP contribution in [0.3, 0.4) is 0 Å². The zero-order valence-electron chi connectivity index (χ0n) is 9.83. The fourth-order valence-corrected chi connectivity index (χ4v) is 2.22. The summed E-state index contributed by atoms with van der Waals surface area (Å²) in [4.78, 5) is 12.0. The molecule has 0 unspecified atom stereocenters. The SMILES string of the molecule is O=C(COC1CCOCC1)c1cc(Cl)ccc1Cl. The highest BCUT2D eigenvalue weighted by molar-refractivity contribution is 6.35. The molecule has 1 aromatic carbocycles. The lowest BCUT2D eigenvalue weighted by Crippen LogP contribution is -2.26. The van der Waals surface area contributed by atoms with Crippen LogP contribution in [0.5, 0.6) is 0 Å². The van der Waals surface area contributed by atoms with E-state index in [9.17, 15) is 4.79 Å². The fourth-order valence-electron chi connectivity index (χ4n) is 1.83. The molecule has 1 saturated heterocycles. The number of Topliss-reactive ketones (excluding diaryl/α,β-unsaturated/α-hetero) is 1. The number of carbonyl (C=O) groups is 1. The summed E-state index contributed by atoms with van der Waals surface area (Å²) in [5.74, 6) is -0.144. The average molecular weight is 289 g/mol. The third-order valence-electron chi connectivity index (χ3n) is 2.85. The highest BCUT2D eigenvalue weighted by Gasteiger charge is 2.17. The van der Waals surface area contributed by atoms with Gasteiger partial charge in [0.2, 0.25) is 0 Å². The molecule has 1 aromatic rings. The summed E-state index contributed by atoms with van der Waals surface area (Å²) in [6.07, 6.45) is 1.76. The molecule has 0 radical (unpaired) electrons. The first-order valence-electron chi connectivity index (χ1n) is 5.84.